The van der Waals surface area contributed by atoms with Crippen molar-refractivity contribution < 1.29 is 9.47 Å². The van der Waals surface area contributed by atoms with Crippen LogP contribution < -0.4 is 36.5 Å². The van der Waals surface area contributed by atoms with Crippen molar-refractivity contribution in [3.8, 4) is 28.8 Å². The molecule has 0 fully saturated rings. The number of halogens is 1. The van der Waals surface area contributed by atoms with Crippen molar-refractivity contribution in [2.45, 2.75) is 19.5 Å². The fourth-order valence-electron chi connectivity index (χ4n) is 4.47. The van der Waals surface area contributed by atoms with Gasteiger partial charge in [0, 0.05) is 30.7 Å². The van der Waals surface area contributed by atoms with Crippen LogP contribution in [0.5, 0.6) is 11.5 Å². The maximum atomic E-state index is 13.3. The summed E-state index contributed by atoms with van der Waals surface area (Å²) < 4.78 is 12.0. The number of hydrogen-bond acceptors (Lipinski definition) is 12. The van der Waals surface area contributed by atoms with Gasteiger partial charge in [-0.15, -0.1) is 0 Å². The van der Waals surface area contributed by atoms with Gasteiger partial charge in [-0.1, -0.05) is 48.0 Å². The summed E-state index contributed by atoms with van der Waals surface area (Å²) in [6.45, 7) is 0.842. The van der Waals surface area contributed by atoms with Crippen LogP contribution in [0.1, 0.15) is 16.7 Å². The average molecular weight is 639 g/mol. The molecule has 13 nitrogen and oxygen atoms in total. The van der Waals surface area contributed by atoms with Crippen molar-refractivity contribution in [1.29, 1.82) is 5.26 Å². The van der Waals surface area contributed by atoms with Gasteiger partial charge < -0.3 is 20.1 Å². The van der Waals surface area contributed by atoms with Crippen LogP contribution in [0.15, 0.2) is 77.6 Å². The van der Waals surface area contributed by atoms with Gasteiger partial charge in [-0.25, -0.2) is 4.98 Å². The summed E-state index contributed by atoms with van der Waals surface area (Å²) in [4.78, 5) is 31.5. The molecule has 0 saturated carbocycles. The number of nitriles is 1. The number of benzene rings is 3. The van der Waals surface area contributed by atoms with Crippen LogP contribution in [-0.2, 0) is 26.6 Å². The van der Waals surface area contributed by atoms with E-state index in [9.17, 15) is 10.1 Å². The number of methoxy groups -OCH3 is 2. The Morgan fingerprint density at radius 1 is 0.804 bits per heavy atom. The van der Waals surface area contributed by atoms with Crippen LogP contribution in [0, 0.1) is 11.3 Å². The van der Waals surface area contributed by atoms with Crippen LogP contribution in [-0.4, -0.2) is 38.7 Å². The molecule has 2 heterocycles. The fraction of sp³-hybridized carbons (Fsp3) is 0.188. The van der Waals surface area contributed by atoms with Gasteiger partial charge in [0.2, 0.25) is 23.8 Å². The second-order valence-electron chi connectivity index (χ2n) is 9.93. The first-order valence-corrected chi connectivity index (χ1v) is 14.5. The number of nitrogens with zero attached hydrogens (tertiary/aromatic N) is 6. The van der Waals surface area contributed by atoms with Gasteiger partial charge >= 0.3 is 0 Å². The number of nitrogens with one attached hydrogen (secondary N) is 4. The lowest BCUT2D eigenvalue weighted by Crippen LogP contribution is -2.28. The minimum atomic E-state index is -0.372. The van der Waals surface area contributed by atoms with E-state index in [0.717, 1.165) is 22.6 Å². The van der Waals surface area contributed by atoms with Crippen molar-refractivity contribution in [3.05, 3.63) is 105 Å². The topological polar surface area (TPSA) is 164 Å². The third kappa shape index (κ3) is 7.79. The summed E-state index contributed by atoms with van der Waals surface area (Å²) >= 11 is 6.07. The Kier molecular flexibility index (Phi) is 10.1. The quantitative estimate of drug-likeness (QED) is 0.127. The van der Waals surface area contributed by atoms with E-state index in [-0.39, 0.29) is 29.4 Å². The lowest BCUT2D eigenvalue weighted by molar-refractivity contribution is 0.414. The summed E-state index contributed by atoms with van der Waals surface area (Å²) in [5, 5.41) is 16.4. The van der Waals surface area contributed by atoms with Gasteiger partial charge in [-0.2, -0.15) is 20.2 Å². The molecule has 0 aliphatic carbocycles. The molecule has 46 heavy (non-hydrogen) atoms. The van der Waals surface area contributed by atoms with Crippen LogP contribution >= 0.6 is 11.6 Å². The maximum Gasteiger partial charge on any atom is 0.259 e. The highest BCUT2D eigenvalue weighted by Crippen LogP contribution is 2.24. The molecular weight excluding hydrogens is 608 g/mol. The van der Waals surface area contributed by atoms with Crippen molar-refractivity contribution in [3.63, 3.8) is 0 Å². The third-order valence-electron chi connectivity index (χ3n) is 6.85. The molecule has 0 radical (unpaired) electrons. The largest absolute Gasteiger partial charge is 0.497 e. The smallest absolute Gasteiger partial charge is 0.259 e. The SMILES string of the molecule is COc1cccc(CNc2nc(NCc3cccc(OC)c3)nc(NNc3nc(-c4ccc(Cl)cc4)c(CC#N)c(=O)n3C)n2)c1. The predicted octanol–water partition coefficient (Wildman–Crippen LogP) is 5.03. The highest BCUT2D eigenvalue weighted by molar-refractivity contribution is 6.30. The van der Waals surface area contributed by atoms with Gasteiger partial charge in [-0.3, -0.25) is 20.2 Å². The van der Waals surface area contributed by atoms with Crippen molar-refractivity contribution >= 4 is 35.4 Å². The fourth-order valence-corrected chi connectivity index (χ4v) is 4.60. The predicted molar refractivity (Wildman–Crippen MR) is 177 cm³/mol. The molecule has 2 aromatic heterocycles. The van der Waals surface area contributed by atoms with Crippen LogP contribution in [0.25, 0.3) is 11.3 Å². The highest BCUT2D eigenvalue weighted by Gasteiger charge is 2.17. The van der Waals surface area contributed by atoms with Crippen molar-refractivity contribution in [1.82, 2.24) is 24.5 Å². The van der Waals surface area contributed by atoms with E-state index in [1.807, 2.05) is 48.5 Å². The molecule has 5 rings (SSSR count). The average Bonchev–Trinajstić information content (AvgIpc) is 3.09. The van der Waals surface area contributed by atoms with Gasteiger partial charge in [0.15, 0.2) is 0 Å². The highest BCUT2D eigenvalue weighted by atomic mass is 35.5. The van der Waals surface area contributed by atoms with E-state index in [0.29, 0.717) is 41.3 Å². The normalized spacial score (nSPS) is 10.5. The maximum absolute atomic E-state index is 13.3. The molecule has 14 heteroatoms. The van der Waals surface area contributed by atoms with Gasteiger partial charge in [-0.05, 0) is 47.5 Å². The van der Waals surface area contributed by atoms with Crippen molar-refractivity contribution in [2.24, 2.45) is 7.05 Å². The van der Waals surface area contributed by atoms with E-state index in [2.05, 4.69) is 47.5 Å². The molecule has 0 atom stereocenters. The van der Waals surface area contributed by atoms with Gasteiger partial charge in [0.05, 0.1) is 38.0 Å². The zero-order valence-electron chi connectivity index (χ0n) is 25.3. The summed E-state index contributed by atoms with van der Waals surface area (Å²) in [7, 11) is 4.79. The Bertz CT molecular complexity index is 1860. The Morgan fingerprint density at radius 2 is 1.37 bits per heavy atom. The standard InChI is InChI=1S/C32H31ClN10O3/c1-43-28(44)26(14-15-34)27(22-10-12-23(33)13-11-22)37-32(43)42-41-31-39-29(35-18-20-6-4-8-24(16-20)45-2)38-30(40-31)36-19-21-7-5-9-25(17-21)46-3/h4-13,16-17H,14,18-19H2,1-3H3,(H,37,42)(H3,35,36,38,39,40,41). The number of rotatable bonds is 13. The summed E-state index contributed by atoms with van der Waals surface area (Å²) in [5.41, 5.74) is 8.71. The Morgan fingerprint density at radius 3 is 1.91 bits per heavy atom. The number of anilines is 4. The number of ether oxygens (including phenoxy) is 2. The number of hydrogen-bond donors (Lipinski definition) is 4. The van der Waals surface area contributed by atoms with E-state index < -0.39 is 0 Å². The van der Waals surface area contributed by atoms with Gasteiger partial charge in [0.25, 0.3) is 5.56 Å². The zero-order chi connectivity index (χ0) is 32.5. The molecule has 0 bridgehead atoms. The first-order chi connectivity index (χ1) is 22.4. The Hall–Kier alpha value is -5.87. The zero-order valence-corrected chi connectivity index (χ0v) is 26.1. The Labute approximate surface area is 270 Å². The molecule has 0 saturated heterocycles. The molecule has 4 N–H and O–H groups in total. The molecule has 0 aliphatic heterocycles. The molecule has 0 spiro atoms. The summed E-state index contributed by atoms with van der Waals surface area (Å²) in [5.74, 6) is 2.39. The third-order valence-corrected chi connectivity index (χ3v) is 7.10. The lowest BCUT2D eigenvalue weighted by atomic mass is 10.1. The lowest BCUT2D eigenvalue weighted by Gasteiger charge is -2.16. The van der Waals surface area contributed by atoms with E-state index in [1.54, 1.807) is 45.5 Å². The molecule has 5 aromatic rings. The molecule has 3 aromatic carbocycles. The van der Waals surface area contributed by atoms with Crippen molar-refractivity contribution in [2.75, 3.05) is 35.7 Å². The second kappa shape index (κ2) is 14.7. The van der Waals surface area contributed by atoms with Crippen LogP contribution in [0.3, 0.4) is 0 Å². The Balaban J connectivity index is 1.42. The van der Waals surface area contributed by atoms with Crippen LogP contribution in [0.2, 0.25) is 5.02 Å². The number of aromatic nitrogens is 5. The molecular formula is C32H31ClN10O3. The molecule has 0 aliphatic rings. The minimum absolute atomic E-state index is 0.108. The number of hydrazine groups is 1. The molecule has 234 valence electrons. The first kappa shape index (κ1) is 31.6. The monoisotopic (exact) mass is 638 g/mol. The molecule has 0 amide bonds. The van der Waals surface area contributed by atoms with E-state index in [1.165, 1.54) is 4.57 Å². The van der Waals surface area contributed by atoms with Crippen LogP contribution in [0.4, 0.5) is 23.8 Å². The summed E-state index contributed by atoms with van der Waals surface area (Å²) in [6.07, 6.45) is -0.108. The minimum Gasteiger partial charge on any atom is -0.497 e. The molecule has 0 unspecified atom stereocenters. The van der Waals surface area contributed by atoms with E-state index >= 15 is 0 Å². The summed E-state index contributed by atoms with van der Waals surface area (Å²) in [6, 6.07) is 24.2. The van der Waals surface area contributed by atoms with E-state index in [4.69, 9.17) is 21.1 Å². The van der Waals surface area contributed by atoms with Gasteiger partial charge in [0.1, 0.15) is 11.5 Å². The first-order valence-electron chi connectivity index (χ1n) is 14.1. The second-order valence-corrected chi connectivity index (χ2v) is 10.4.